The van der Waals surface area contributed by atoms with Crippen LogP contribution in [0.4, 0.5) is 11.4 Å². The van der Waals surface area contributed by atoms with Gasteiger partial charge in [0.1, 0.15) is 0 Å². The number of hydrogen-bond donors (Lipinski definition) is 0. The Morgan fingerprint density at radius 3 is 2.37 bits per heavy atom. The molecule has 0 fully saturated rings. The molecule has 3 aromatic rings. The van der Waals surface area contributed by atoms with Crippen molar-refractivity contribution < 1.29 is 4.79 Å². The normalized spacial score (nSPS) is 9.52. The standard InChI is InChI=1S/C22H16N4O/c1-26(22(27)19-12-6-7-13-20(19)24-25-23)21-14-8-5-11-18(21)16-15-17-9-3-2-4-10-17/h2-14H,1H3. The highest BCUT2D eigenvalue weighted by Gasteiger charge is 2.18. The van der Waals surface area contributed by atoms with Crippen LogP contribution in [0.25, 0.3) is 10.4 Å². The van der Waals surface area contributed by atoms with Crippen molar-refractivity contribution in [2.75, 3.05) is 11.9 Å². The van der Waals surface area contributed by atoms with Crippen LogP contribution in [0.15, 0.2) is 84.0 Å². The Bertz CT molecular complexity index is 1070. The Morgan fingerprint density at radius 1 is 0.926 bits per heavy atom. The molecule has 0 heterocycles. The molecular formula is C22H16N4O. The number of para-hydroxylation sites is 1. The van der Waals surface area contributed by atoms with Gasteiger partial charge in [0.25, 0.3) is 5.91 Å². The topological polar surface area (TPSA) is 69.1 Å². The number of amides is 1. The monoisotopic (exact) mass is 352 g/mol. The van der Waals surface area contributed by atoms with Crippen molar-refractivity contribution in [2.24, 2.45) is 5.11 Å². The van der Waals surface area contributed by atoms with Gasteiger partial charge in [-0.3, -0.25) is 4.79 Å². The summed E-state index contributed by atoms with van der Waals surface area (Å²) in [6.07, 6.45) is 0. The van der Waals surface area contributed by atoms with E-state index < -0.39 is 0 Å². The zero-order valence-corrected chi connectivity index (χ0v) is 14.7. The van der Waals surface area contributed by atoms with E-state index in [0.717, 1.165) is 11.1 Å². The lowest BCUT2D eigenvalue weighted by atomic mass is 10.1. The summed E-state index contributed by atoms with van der Waals surface area (Å²) < 4.78 is 0. The number of carbonyl (C=O) groups is 1. The molecule has 0 aliphatic heterocycles. The van der Waals surface area contributed by atoms with E-state index in [2.05, 4.69) is 21.9 Å². The lowest BCUT2D eigenvalue weighted by molar-refractivity contribution is 0.0993. The molecule has 0 spiro atoms. The molecule has 0 aliphatic carbocycles. The summed E-state index contributed by atoms with van der Waals surface area (Å²) >= 11 is 0. The van der Waals surface area contributed by atoms with Gasteiger partial charge in [-0.05, 0) is 35.9 Å². The van der Waals surface area contributed by atoms with Gasteiger partial charge in [-0.1, -0.05) is 65.5 Å². The average molecular weight is 352 g/mol. The molecule has 0 N–H and O–H groups in total. The minimum Gasteiger partial charge on any atom is -0.310 e. The second-order valence-electron chi connectivity index (χ2n) is 5.70. The predicted octanol–water partition coefficient (Wildman–Crippen LogP) is 5.30. The van der Waals surface area contributed by atoms with E-state index in [1.807, 2.05) is 54.6 Å². The molecule has 27 heavy (non-hydrogen) atoms. The molecule has 0 radical (unpaired) electrons. The van der Waals surface area contributed by atoms with E-state index in [0.29, 0.717) is 16.9 Å². The molecule has 0 bridgehead atoms. The van der Waals surface area contributed by atoms with Crippen molar-refractivity contribution in [3.8, 4) is 11.8 Å². The van der Waals surface area contributed by atoms with Crippen LogP contribution in [0.3, 0.4) is 0 Å². The second-order valence-corrected chi connectivity index (χ2v) is 5.70. The van der Waals surface area contributed by atoms with Crippen LogP contribution in [0.1, 0.15) is 21.5 Å². The smallest absolute Gasteiger partial charge is 0.258 e. The Morgan fingerprint density at radius 2 is 1.59 bits per heavy atom. The van der Waals surface area contributed by atoms with Gasteiger partial charge >= 0.3 is 0 Å². The number of azide groups is 1. The highest BCUT2D eigenvalue weighted by molar-refractivity contribution is 6.09. The van der Waals surface area contributed by atoms with Crippen molar-refractivity contribution in [3.63, 3.8) is 0 Å². The van der Waals surface area contributed by atoms with Gasteiger partial charge in [0.05, 0.1) is 11.4 Å². The van der Waals surface area contributed by atoms with Gasteiger partial charge < -0.3 is 4.90 Å². The van der Waals surface area contributed by atoms with Crippen LogP contribution in [-0.2, 0) is 0 Å². The summed E-state index contributed by atoms with van der Waals surface area (Å²) in [6, 6.07) is 23.8. The third-order valence-electron chi connectivity index (χ3n) is 3.97. The molecule has 3 rings (SSSR count). The van der Waals surface area contributed by atoms with Crippen LogP contribution < -0.4 is 4.90 Å². The van der Waals surface area contributed by atoms with Gasteiger partial charge in [-0.25, -0.2) is 0 Å². The number of rotatable bonds is 3. The first-order valence-electron chi connectivity index (χ1n) is 8.29. The molecule has 1 amide bonds. The maximum absolute atomic E-state index is 13.0. The molecule has 0 saturated heterocycles. The van der Waals surface area contributed by atoms with Gasteiger partial charge in [-0.15, -0.1) is 0 Å². The summed E-state index contributed by atoms with van der Waals surface area (Å²) in [4.78, 5) is 17.3. The maximum atomic E-state index is 13.0. The quantitative estimate of drug-likeness (QED) is 0.273. The summed E-state index contributed by atoms with van der Waals surface area (Å²) in [5.41, 5.74) is 11.7. The largest absolute Gasteiger partial charge is 0.310 e. The van der Waals surface area contributed by atoms with Gasteiger partial charge in [0.15, 0.2) is 0 Å². The van der Waals surface area contributed by atoms with E-state index >= 15 is 0 Å². The van der Waals surface area contributed by atoms with Crippen LogP contribution in [0.5, 0.6) is 0 Å². The number of carbonyl (C=O) groups excluding carboxylic acids is 1. The summed E-state index contributed by atoms with van der Waals surface area (Å²) in [6.45, 7) is 0. The van der Waals surface area contributed by atoms with Crippen LogP contribution >= 0.6 is 0 Å². The number of benzene rings is 3. The molecule has 0 atom stereocenters. The molecule has 0 aliphatic rings. The van der Waals surface area contributed by atoms with E-state index in [-0.39, 0.29) is 5.91 Å². The molecule has 5 heteroatoms. The first-order valence-corrected chi connectivity index (χ1v) is 8.29. The lowest BCUT2D eigenvalue weighted by Crippen LogP contribution is -2.27. The van der Waals surface area contributed by atoms with Crippen LogP contribution in [0, 0.1) is 11.8 Å². The molecule has 0 unspecified atom stereocenters. The minimum absolute atomic E-state index is 0.271. The van der Waals surface area contributed by atoms with E-state index in [9.17, 15) is 4.79 Å². The number of anilines is 1. The summed E-state index contributed by atoms with van der Waals surface area (Å²) in [5.74, 6) is 5.97. The van der Waals surface area contributed by atoms with E-state index in [1.54, 1.807) is 31.3 Å². The number of hydrogen-bond acceptors (Lipinski definition) is 2. The van der Waals surface area contributed by atoms with Crippen molar-refractivity contribution in [2.45, 2.75) is 0 Å². The zero-order valence-electron chi connectivity index (χ0n) is 14.7. The van der Waals surface area contributed by atoms with Crippen molar-refractivity contribution in [1.29, 1.82) is 0 Å². The van der Waals surface area contributed by atoms with Crippen LogP contribution in [0.2, 0.25) is 0 Å². The highest BCUT2D eigenvalue weighted by Crippen LogP contribution is 2.25. The molecule has 0 saturated carbocycles. The van der Waals surface area contributed by atoms with Gasteiger partial charge in [0.2, 0.25) is 0 Å². The zero-order chi connectivity index (χ0) is 19.1. The van der Waals surface area contributed by atoms with Gasteiger partial charge in [-0.2, -0.15) is 0 Å². The maximum Gasteiger partial charge on any atom is 0.258 e. The number of nitrogens with zero attached hydrogens (tertiary/aromatic N) is 4. The molecule has 3 aromatic carbocycles. The molecule has 0 aromatic heterocycles. The van der Waals surface area contributed by atoms with Crippen molar-refractivity contribution in [3.05, 3.63) is 106 Å². The Labute approximate surface area is 157 Å². The molecule has 5 nitrogen and oxygen atoms in total. The molecular weight excluding hydrogens is 336 g/mol. The van der Waals surface area contributed by atoms with E-state index in [1.165, 1.54) is 4.90 Å². The van der Waals surface area contributed by atoms with Crippen molar-refractivity contribution in [1.82, 2.24) is 0 Å². The van der Waals surface area contributed by atoms with E-state index in [4.69, 9.17) is 5.53 Å². The lowest BCUT2D eigenvalue weighted by Gasteiger charge is -2.19. The van der Waals surface area contributed by atoms with Crippen LogP contribution in [-0.4, -0.2) is 13.0 Å². The third-order valence-corrected chi connectivity index (χ3v) is 3.97. The Kier molecular flexibility index (Phi) is 5.54. The third kappa shape index (κ3) is 4.16. The minimum atomic E-state index is -0.271. The second kappa shape index (κ2) is 8.39. The summed E-state index contributed by atoms with van der Waals surface area (Å²) in [5, 5.41) is 3.61. The first-order chi connectivity index (χ1) is 13.2. The first kappa shape index (κ1) is 17.8. The Balaban J connectivity index is 1.97. The summed E-state index contributed by atoms with van der Waals surface area (Å²) in [7, 11) is 1.68. The fourth-order valence-electron chi connectivity index (χ4n) is 2.61. The average Bonchev–Trinajstić information content (AvgIpc) is 2.73. The van der Waals surface area contributed by atoms with Crippen molar-refractivity contribution >= 4 is 17.3 Å². The predicted molar refractivity (Wildman–Crippen MR) is 107 cm³/mol. The SMILES string of the molecule is CN(C(=O)c1ccccc1N=[N+]=[N-])c1ccccc1C#Cc1ccccc1. The highest BCUT2D eigenvalue weighted by atomic mass is 16.2. The fraction of sp³-hybridized carbons (Fsp3) is 0.0455. The fourth-order valence-corrected chi connectivity index (χ4v) is 2.61. The molecule has 130 valence electrons. The van der Waals surface area contributed by atoms with Gasteiger partial charge in [0, 0.05) is 28.6 Å². The Hall–Kier alpha value is -4.00.